The quantitative estimate of drug-likeness (QED) is 0.0892. The van der Waals surface area contributed by atoms with E-state index >= 15 is 0 Å². The normalized spacial score (nSPS) is 13.4. The maximum absolute atomic E-state index is 11.7. The van der Waals surface area contributed by atoms with Gasteiger partial charge in [0.2, 0.25) is 0 Å². The molecule has 3 nitrogen and oxygen atoms in total. The van der Waals surface area contributed by atoms with Crippen molar-refractivity contribution in [1.82, 2.24) is 0 Å². The van der Waals surface area contributed by atoms with Crippen LogP contribution in [0.5, 0.6) is 5.75 Å². The van der Waals surface area contributed by atoms with Crippen LogP contribution >= 0.6 is 23.5 Å². The van der Waals surface area contributed by atoms with Gasteiger partial charge in [-0.05, 0) is 110 Å². The summed E-state index contributed by atoms with van der Waals surface area (Å²) in [7, 11) is 0. The molecule has 0 radical (unpaired) electrons. The molecule has 0 fully saturated rings. The number of thioether (sulfide) groups is 2. The Morgan fingerprint density at radius 1 is 0.868 bits per heavy atom. The Bertz CT molecular complexity index is 974. The van der Waals surface area contributed by atoms with E-state index in [0.29, 0.717) is 18.8 Å². The van der Waals surface area contributed by atoms with Crippen LogP contribution in [0.4, 0.5) is 0 Å². The molecule has 0 aromatic heterocycles. The van der Waals surface area contributed by atoms with Gasteiger partial charge in [0, 0.05) is 17.1 Å². The number of phenols is 1. The SMILES string of the molecule is CCC(=O)OCC(SCC=C(C)CCC=C(C)CCC=C(C)CCC=C(C)C)Sc1cc(C)c(O)c(C)c1. The molecule has 1 N–H and O–H groups in total. The number of allylic oxidation sites excluding steroid dienone is 7. The van der Waals surface area contributed by atoms with E-state index in [1.165, 1.54) is 22.3 Å². The van der Waals surface area contributed by atoms with Crippen LogP contribution in [0.25, 0.3) is 0 Å². The Kier molecular flexibility index (Phi) is 17.3. The van der Waals surface area contributed by atoms with Crippen molar-refractivity contribution in [2.24, 2.45) is 0 Å². The molecule has 1 rings (SSSR count). The summed E-state index contributed by atoms with van der Waals surface area (Å²) in [6.07, 6.45) is 16.5. The van der Waals surface area contributed by atoms with E-state index in [2.05, 4.69) is 58.9 Å². The molecule has 1 aromatic rings. The second-order valence-electron chi connectivity index (χ2n) is 10.4. The number of carbonyl (C=O) groups excluding carboxylic acids is 1. The van der Waals surface area contributed by atoms with E-state index < -0.39 is 0 Å². The van der Waals surface area contributed by atoms with Crippen LogP contribution in [-0.2, 0) is 9.53 Å². The number of carbonyl (C=O) groups is 1. The summed E-state index contributed by atoms with van der Waals surface area (Å²) in [6, 6.07) is 4.00. The van der Waals surface area contributed by atoms with Gasteiger partial charge in [0.1, 0.15) is 12.4 Å². The molecular formula is C33H50O3S2. The molecule has 0 aliphatic carbocycles. The number of aromatic hydroxyl groups is 1. The van der Waals surface area contributed by atoms with Crippen LogP contribution in [0.1, 0.15) is 97.6 Å². The van der Waals surface area contributed by atoms with Gasteiger partial charge in [-0.1, -0.05) is 53.5 Å². The van der Waals surface area contributed by atoms with Gasteiger partial charge in [-0.3, -0.25) is 4.79 Å². The van der Waals surface area contributed by atoms with E-state index in [4.69, 9.17) is 4.74 Å². The fourth-order valence-corrected chi connectivity index (χ4v) is 6.33. The van der Waals surface area contributed by atoms with Gasteiger partial charge in [0.25, 0.3) is 0 Å². The lowest BCUT2D eigenvalue weighted by Gasteiger charge is -2.17. The maximum atomic E-state index is 11.7. The minimum atomic E-state index is -0.169. The van der Waals surface area contributed by atoms with Crippen molar-refractivity contribution in [1.29, 1.82) is 0 Å². The summed E-state index contributed by atoms with van der Waals surface area (Å²) in [4.78, 5) is 12.8. The first kappa shape index (κ1) is 34.2. The third-order valence-corrected chi connectivity index (χ3v) is 8.74. The highest BCUT2D eigenvalue weighted by Gasteiger charge is 2.15. The fourth-order valence-electron chi connectivity index (χ4n) is 3.80. The monoisotopic (exact) mass is 558 g/mol. The largest absolute Gasteiger partial charge is 0.507 e. The molecule has 5 heteroatoms. The number of ether oxygens (including phenoxy) is 1. The third-order valence-electron chi connectivity index (χ3n) is 6.27. The predicted octanol–water partition coefficient (Wildman–Crippen LogP) is 10.3. The molecule has 0 bridgehead atoms. The number of benzene rings is 1. The Hall–Kier alpha value is -1.85. The number of esters is 1. The first-order valence-corrected chi connectivity index (χ1v) is 15.8. The van der Waals surface area contributed by atoms with Gasteiger partial charge in [-0.15, -0.1) is 23.5 Å². The molecule has 0 amide bonds. The molecule has 0 spiro atoms. The van der Waals surface area contributed by atoms with Gasteiger partial charge < -0.3 is 9.84 Å². The highest BCUT2D eigenvalue weighted by Crippen LogP contribution is 2.35. The smallest absolute Gasteiger partial charge is 0.305 e. The van der Waals surface area contributed by atoms with Crippen molar-refractivity contribution in [3.63, 3.8) is 0 Å². The molecule has 212 valence electrons. The molecule has 0 saturated heterocycles. The zero-order chi connectivity index (χ0) is 28.5. The lowest BCUT2D eigenvalue weighted by atomic mass is 10.0. The van der Waals surface area contributed by atoms with Crippen molar-refractivity contribution in [2.45, 2.75) is 110 Å². The summed E-state index contributed by atoms with van der Waals surface area (Å²) >= 11 is 3.49. The Morgan fingerprint density at radius 2 is 1.37 bits per heavy atom. The van der Waals surface area contributed by atoms with Crippen LogP contribution in [0.3, 0.4) is 0 Å². The first-order valence-electron chi connectivity index (χ1n) is 13.9. The van der Waals surface area contributed by atoms with Gasteiger partial charge in [-0.2, -0.15) is 0 Å². The van der Waals surface area contributed by atoms with Crippen LogP contribution in [0.15, 0.2) is 63.6 Å². The van der Waals surface area contributed by atoms with Crippen molar-refractivity contribution < 1.29 is 14.6 Å². The van der Waals surface area contributed by atoms with Gasteiger partial charge in [0.05, 0.1) is 4.58 Å². The van der Waals surface area contributed by atoms with E-state index in [1.54, 1.807) is 23.5 Å². The second kappa shape index (κ2) is 19.2. The highest BCUT2D eigenvalue weighted by atomic mass is 32.2. The minimum absolute atomic E-state index is 0.0959. The lowest BCUT2D eigenvalue weighted by molar-refractivity contribution is -0.142. The topological polar surface area (TPSA) is 46.5 Å². The first-order chi connectivity index (χ1) is 18.0. The summed E-state index contributed by atoms with van der Waals surface area (Å²) in [5.41, 5.74) is 7.48. The standard InChI is InChI=1S/C33H50O3S2/c1-9-31(34)36-23-32(38-30-21-28(7)33(35)29(8)22-30)37-20-19-27(6)18-12-17-26(5)16-11-15-25(4)14-10-13-24(2)3/h13,15,17,19,21-22,32,35H,9-12,14,16,18,20,23H2,1-8H3. The van der Waals surface area contributed by atoms with E-state index in [9.17, 15) is 9.90 Å². The third kappa shape index (κ3) is 15.5. The second-order valence-corrected chi connectivity index (χ2v) is 13.2. The minimum Gasteiger partial charge on any atom is -0.507 e. The number of rotatable bonds is 17. The summed E-state index contributed by atoms with van der Waals surface area (Å²) in [6.45, 7) is 17.0. The number of aryl methyl sites for hydroxylation is 2. The zero-order valence-corrected chi connectivity index (χ0v) is 26.6. The van der Waals surface area contributed by atoms with Crippen LogP contribution < -0.4 is 0 Å². The molecular weight excluding hydrogens is 508 g/mol. The van der Waals surface area contributed by atoms with Gasteiger partial charge in [0.15, 0.2) is 0 Å². The summed E-state index contributed by atoms with van der Waals surface area (Å²) in [5.74, 6) is 1.06. The number of phenolic OH excluding ortho intramolecular Hbond substituents is 1. The Labute approximate surface area is 241 Å². The van der Waals surface area contributed by atoms with Crippen LogP contribution in [0.2, 0.25) is 0 Å². The van der Waals surface area contributed by atoms with Gasteiger partial charge in [-0.25, -0.2) is 0 Å². The van der Waals surface area contributed by atoms with Crippen LogP contribution in [0, 0.1) is 13.8 Å². The van der Waals surface area contributed by atoms with E-state index in [1.807, 2.05) is 32.9 Å². The Morgan fingerprint density at radius 3 is 1.87 bits per heavy atom. The molecule has 38 heavy (non-hydrogen) atoms. The fraction of sp³-hybridized carbons (Fsp3) is 0.545. The van der Waals surface area contributed by atoms with Gasteiger partial charge >= 0.3 is 5.97 Å². The Balaban J connectivity index is 2.54. The van der Waals surface area contributed by atoms with E-state index in [0.717, 1.165) is 60.3 Å². The number of hydrogen-bond donors (Lipinski definition) is 1. The molecule has 0 saturated carbocycles. The maximum Gasteiger partial charge on any atom is 0.305 e. The average molecular weight is 559 g/mol. The molecule has 0 aliphatic rings. The summed E-state index contributed by atoms with van der Waals surface area (Å²) in [5, 5.41) is 10.1. The number of hydrogen-bond acceptors (Lipinski definition) is 5. The average Bonchev–Trinajstić information content (AvgIpc) is 2.85. The van der Waals surface area contributed by atoms with Crippen molar-refractivity contribution in [3.8, 4) is 5.75 Å². The van der Waals surface area contributed by atoms with Crippen molar-refractivity contribution >= 4 is 29.5 Å². The molecule has 0 aliphatic heterocycles. The summed E-state index contributed by atoms with van der Waals surface area (Å²) < 4.78 is 5.56. The molecule has 1 unspecified atom stereocenters. The van der Waals surface area contributed by atoms with Crippen LogP contribution in [-0.4, -0.2) is 28.0 Å². The lowest BCUT2D eigenvalue weighted by Crippen LogP contribution is -2.13. The predicted molar refractivity (Wildman–Crippen MR) is 169 cm³/mol. The zero-order valence-electron chi connectivity index (χ0n) is 25.0. The van der Waals surface area contributed by atoms with E-state index in [-0.39, 0.29) is 10.6 Å². The van der Waals surface area contributed by atoms with Crippen molar-refractivity contribution in [3.05, 3.63) is 69.9 Å². The van der Waals surface area contributed by atoms with Crippen molar-refractivity contribution in [2.75, 3.05) is 12.4 Å². The highest BCUT2D eigenvalue weighted by molar-refractivity contribution is 8.17. The molecule has 1 atom stereocenters. The molecule has 1 aromatic carbocycles. The molecule has 0 heterocycles.